The highest BCUT2D eigenvalue weighted by Gasteiger charge is 2.25. The topological polar surface area (TPSA) is 55.8 Å². The normalized spacial score (nSPS) is 18.2. The third-order valence-electron chi connectivity index (χ3n) is 4.48. The van der Waals surface area contributed by atoms with Gasteiger partial charge in [0.1, 0.15) is 0 Å². The van der Waals surface area contributed by atoms with Crippen molar-refractivity contribution in [3.8, 4) is 0 Å². The van der Waals surface area contributed by atoms with Crippen LogP contribution in [0, 0.1) is 13.8 Å². The van der Waals surface area contributed by atoms with Gasteiger partial charge in [0.05, 0.1) is 12.6 Å². The molecule has 5 nitrogen and oxygen atoms in total. The summed E-state index contributed by atoms with van der Waals surface area (Å²) < 4.78 is 0. The first-order chi connectivity index (χ1) is 10.5. The number of amides is 1. The van der Waals surface area contributed by atoms with Crippen LogP contribution in [0.4, 0.5) is 5.69 Å². The van der Waals surface area contributed by atoms with Crippen LogP contribution in [0.2, 0.25) is 0 Å². The zero-order valence-electron chi connectivity index (χ0n) is 13.8. The molecule has 2 N–H and O–H groups in total. The minimum absolute atomic E-state index is 0.0491. The number of aliphatic hydroxyl groups is 1. The molecular weight excluding hydrogens is 278 g/mol. The Morgan fingerprint density at radius 2 is 1.82 bits per heavy atom. The molecule has 0 aromatic heterocycles. The van der Waals surface area contributed by atoms with E-state index in [1.54, 1.807) is 0 Å². The van der Waals surface area contributed by atoms with Gasteiger partial charge in [-0.25, -0.2) is 0 Å². The molecular formula is C17H27N3O2. The van der Waals surface area contributed by atoms with Crippen molar-refractivity contribution >= 4 is 11.6 Å². The van der Waals surface area contributed by atoms with E-state index >= 15 is 0 Å². The first kappa shape index (κ1) is 16.9. The molecule has 122 valence electrons. The highest BCUT2D eigenvalue weighted by molar-refractivity contribution is 5.95. The lowest BCUT2D eigenvalue weighted by Crippen LogP contribution is -2.53. The van der Waals surface area contributed by atoms with Gasteiger partial charge in [-0.3, -0.25) is 14.6 Å². The Bertz CT molecular complexity index is 490. The maximum atomic E-state index is 12.5. The standard InChI is InChI=1S/C17H27N3O2/c1-13-5-4-6-14(2)16(13)18-17(22)15(3)20-9-7-19(8-10-20)11-12-21/h4-6,15,21H,7-12H2,1-3H3,(H,18,22). The average molecular weight is 305 g/mol. The molecule has 1 aliphatic rings. The van der Waals surface area contributed by atoms with Crippen LogP contribution in [0.5, 0.6) is 0 Å². The molecule has 22 heavy (non-hydrogen) atoms. The van der Waals surface area contributed by atoms with E-state index in [0.717, 1.165) is 49.5 Å². The number of carbonyl (C=O) groups is 1. The Morgan fingerprint density at radius 1 is 1.23 bits per heavy atom. The third kappa shape index (κ3) is 4.06. The van der Waals surface area contributed by atoms with Crippen LogP contribution in [-0.4, -0.2) is 66.2 Å². The lowest BCUT2D eigenvalue weighted by atomic mass is 10.1. The molecule has 1 atom stereocenters. The van der Waals surface area contributed by atoms with E-state index in [1.807, 2.05) is 39.0 Å². The van der Waals surface area contributed by atoms with E-state index in [1.165, 1.54) is 0 Å². The Kier molecular flexibility index (Phi) is 5.94. The predicted molar refractivity (Wildman–Crippen MR) is 89.1 cm³/mol. The molecule has 1 aromatic rings. The first-order valence-electron chi connectivity index (χ1n) is 7.97. The number of aryl methyl sites for hydroxylation is 2. The van der Waals surface area contributed by atoms with Crippen molar-refractivity contribution in [1.29, 1.82) is 0 Å². The molecule has 0 aliphatic carbocycles. The van der Waals surface area contributed by atoms with Gasteiger partial charge in [0.2, 0.25) is 5.91 Å². The highest BCUT2D eigenvalue weighted by Crippen LogP contribution is 2.20. The molecule has 1 unspecified atom stereocenters. The molecule has 0 spiro atoms. The van der Waals surface area contributed by atoms with Crippen LogP contribution in [0.15, 0.2) is 18.2 Å². The molecule has 0 radical (unpaired) electrons. The SMILES string of the molecule is Cc1cccc(C)c1NC(=O)C(C)N1CCN(CCO)CC1. The average Bonchev–Trinajstić information content (AvgIpc) is 2.51. The smallest absolute Gasteiger partial charge is 0.241 e. The summed E-state index contributed by atoms with van der Waals surface area (Å²) in [5.74, 6) is 0.0491. The van der Waals surface area contributed by atoms with Gasteiger partial charge >= 0.3 is 0 Å². The van der Waals surface area contributed by atoms with Crippen LogP contribution in [0.1, 0.15) is 18.1 Å². The molecule has 5 heteroatoms. The Balaban J connectivity index is 1.93. The molecule has 1 amide bonds. The summed E-state index contributed by atoms with van der Waals surface area (Å²) in [4.78, 5) is 17.0. The molecule has 2 rings (SSSR count). The number of anilines is 1. The van der Waals surface area contributed by atoms with Crippen molar-refractivity contribution < 1.29 is 9.90 Å². The van der Waals surface area contributed by atoms with Gasteiger partial charge in [0, 0.05) is 38.4 Å². The van der Waals surface area contributed by atoms with E-state index in [0.29, 0.717) is 0 Å². The van der Waals surface area contributed by atoms with Crippen molar-refractivity contribution in [3.63, 3.8) is 0 Å². The zero-order valence-corrected chi connectivity index (χ0v) is 13.8. The number of hydrogen-bond donors (Lipinski definition) is 2. The number of rotatable bonds is 5. The number of nitrogens with one attached hydrogen (secondary N) is 1. The Hall–Kier alpha value is -1.43. The number of benzene rings is 1. The van der Waals surface area contributed by atoms with Crippen molar-refractivity contribution in [1.82, 2.24) is 9.80 Å². The fourth-order valence-electron chi connectivity index (χ4n) is 2.92. The van der Waals surface area contributed by atoms with Crippen LogP contribution >= 0.6 is 0 Å². The van der Waals surface area contributed by atoms with Crippen molar-refractivity contribution in [3.05, 3.63) is 29.3 Å². The van der Waals surface area contributed by atoms with Crippen molar-refractivity contribution in [2.24, 2.45) is 0 Å². The number of piperazine rings is 1. The van der Waals surface area contributed by atoms with Gasteiger partial charge in [-0.2, -0.15) is 0 Å². The highest BCUT2D eigenvalue weighted by atomic mass is 16.3. The molecule has 1 heterocycles. The molecule has 1 aromatic carbocycles. The van der Waals surface area contributed by atoms with Crippen LogP contribution in [-0.2, 0) is 4.79 Å². The molecule has 0 saturated carbocycles. The number of carbonyl (C=O) groups excluding carboxylic acids is 1. The minimum Gasteiger partial charge on any atom is -0.395 e. The van der Waals surface area contributed by atoms with E-state index < -0.39 is 0 Å². The quantitative estimate of drug-likeness (QED) is 0.859. The summed E-state index contributed by atoms with van der Waals surface area (Å²) in [5.41, 5.74) is 3.11. The maximum absolute atomic E-state index is 12.5. The van der Waals surface area contributed by atoms with Gasteiger partial charge in [-0.15, -0.1) is 0 Å². The lowest BCUT2D eigenvalue weighted by molar-refractivity contribution is -0.121. The molecule has 1 aliphatic heterocycles. The fraction of sp³-hybridized carbons (Fsp3) is 0.588. The Morgan fingerprint density at radius 3 is 2.36 bits per heavy atom. The number of para-hydroxylation sites is 1. The van der Waals surface area contributed by atoms with Crippen LogP contribution < -0.4 is 5.32 Å². The van der Waals surface area contributed by atoms with Gasteiger partial charge in [0.25, 0.3) is 0 Å². The number of nitrogens with zero attached hydrogens (tertiary/aromatic N) is 2. The number of hydrogen-bond acceptors (Lipinski definition) is 4. The second-order valence-electron chi connectivity index (χ2n) is 6.03. The second kappa shape index (κ2) is 7.72. The second-order valence-corrected chi connectivity index (χ2v) is 6.03. The summed E-state index contributed by atoms with van der Waals surface area (Å²) in [6, 6.07) is 5.89. The fourth-order valence-corrected chi connectivity index (χ4v) is 2.92. The van der Waals surface area contributed by atoms with Gasteiger partial charge in [-0.1, -0.05) is 18.2 Å². The largest absolute Gasteiger partial charge is 0.395 e. The molecule has 1 fully saturated rings. The summed E-state index contributed by atoms with van der Waals surface area (Å²) >= 11 is 0. The predicted octanol–water partition coefficient (Wildman–Crippen LogP) is 1.24. The monoisotopic (exact) mass is 305 g/mol. The summed E-state index contributed by atoms with van der Waals surface area (Å²) in [7, 11) is 0. The molecule has 1 saturated heterocycles. The number of β-amino-alcohol motifs (C(OH)–C–C–N with tert-alkyl or cyclic N) is 1. The van der Waals surface area contributed by atoms with Gasteiger partial charge < -0.3 is 10.4 Å². The zero-order chi connectivity index (χ0) is 16.1. The van der Waals surface area contributed by atoms with Crippen molar-refractivity contribution in [2.45, 2.75) is 26.8 Å². The van der Waals surface area contributed by atoms with Crippen LogP contribution in [0.25, 0.3) is 0 Å². The summed E-state index contributed by atoms with van der Waals surface area (Å²) in [6.07, 6.45) is 0. The van der Waals surface area contributed by atoms with E-state index in [2.05, 4.69) is 15.1 Å². The first-order valence-corrected chi connectivity index (χ1v) is 7.97. The van der Waals surface area contributed by atoms with Crippen LogP contribution in [0.3, 0.4) is 0 Å². The molecule has 0 bridgehead atoms. The lowest BCUT2D eigenvalue weighted by Gasteiger charge is -2.37. The summed E-state index contributed by atoms with van der Waals surface area (Å²) in [5, 5.41) is 12.1. The minimum atomic E-state index is -0.143. The summed E-state index contributed by atoms with van der Waals surface area (Å²) in [6.45, 7) is 10.4. The maximum Gasteiger partial charge on any atom is 0.241 e. The van der Waals surface area contributed by atoms with Gasteiger partial charge in [0.15, 0.2) is 0 Å². The number of aliphatic hydroxyl groups excluding tert-OH is 1. The van der Waals surface area contributed by atoms with E-state index in [4.69, 9.17) is 5.11 Å². The van der Waals surface area contributed by atoms with Crippen molar-refractivity contribution in [2.75, 3.05) is 44.6 Å². The van der Waals surface area contributed by atoms with E-state index in [9.17, 15) is 4.79 Å². The van der Waals surface area contributed by atoms with Gasteiger partial charge in [-0.05, 0) is 31.9 Å². The third-order valence-corrected chi connectivity index (χ3v) is 4.48. The Labute approximate surface area is 132 Å². The van der Waals surface area contributed by atoms with E-state index in [-0.39, 0.29) is 18.6 Å².